The van der Waals surface area contributed by atoms with E-state index >= 15 is 0 Å². The first-order valence-electron chi connectivity index (χ1n) is 6.97. The van der Waals surface area contributed by atoms with Crippen LogP contribution in [-0.4, -0.2) is 24.5 Å². The molecule has 0 aliphatic heterocycles. The Labute approximate surface area is 130 Å². The number of rotatable bonds is 5. The van der Waals surface area contributed by atoms with Gasteiger partial charge in [0.15, 0.2) is 5.11 Å². The fourth-order valence-electron chi connectivity index (χ4n) is 2.05. The quantitative estimate of drug-likeness (QED) is 0.506. The highest BCUT2D eigenvalue weighted by Gasteiger charge is 2.06. The molecule has 2 rings (SSSR count). The Morgan fingerprint density at radius 1 is 1.24 bits per heavy atom. The molecule has 21 heavy (non-hydrogen) atoms. The van der Waals surface area contributed by atoms with Crippen molar-refractivity contribution in [2.45, 2.75) is 13.8 Å². The van der Waals surface area contributed by atoms with Crippen molar-refractivity contribution in [3.63, 3.8) is 0 Å². The van der Waals surface area contributed by atoms with Gasteiger partial charge in [-0.05, 0) is 42.9 Å². The summed E-state index contributed by atoms with van der Waals surface area (Å²) in [5, 5.41) is 9.93. The zero-order chi connectivity index (χ0) is 15.1. The van der Waals surface area contributed by atoms with E-state index < -0.39 is 0 Å². The van der Waals surface area contributed by atoms with Gasteiger partial charge in [-0.25, -0.2) is 0 Å². The number of fused-ring (bicyclic) bond motifs is 1. The summed E-state index contributed by atoms with van der Waals surface area (Å²) < 4.78 is 5.68. The molecule has 0 spiro atoms. The molecule has 0 heterocycles. The Morgan fingerprint density at radius 3 is 2.81 bits per heavy atom. The zero-order valence-corrected chi connectivity index (χ0v) is 13.0. The lowest BCUT2D eigenvalue weighted by Gasteiger charge is -2.10. The Morgan fingerprint density at radius 2 is 2.05 bits per heavy atom. The van der Waals surface area contributed by atoms with Crippen molar-refractivity contribution in [2.24, 2.45) is 5.10 Å². The van der Waals surface area contributed by atoms with Gasteiger partial charge in [0.25, 0.3) is 0 Å². The number of thiocarbonyl (C=S) groups is 1. The maximum atomic E-state index is 5.68. The van der Waals surface area contributed by atoms with Gasteiger partial charge in [0.05, 0.1) is 12.8 Å². The van der Waals surface area contributed by atoms with E-state index in [4.69, 9.17) is 17.0 Å². The minimum atomic E-state index is 0.506. The topological polar surface area (TPSA) is 45.7 Å². The van der Waals surface area contributed by atoms with E-state index in [9.17, 15) is 0 Å². The Bertz CT molecular complexity index is 655. The second-order valence-corrected chi connectivity index (χ2v) is 4.77. The largest absolute Gasteiger partial charge is 0.493 e. The van der Waals surface area contributed by atoms with E-state index in [-0.39, 0.29) is 0 Å². The van der Waals surface area contributed by atoms with E-state index in [1.807, 2.05) is 38.1 Å². The number of benzene rings is 2. The van der Waals surface area contributed by atoms with Crippen LogP contribution in [0.15, 0.2) is 41.5 Å². The summed E-state index contributed by atoms with van der Waals surface area (Å²) in [6, 6.07) is 12.2. The maximum Gasteiger partial charge on any atom is 0.186 e. The molecule has 0 atom stereocenters. The maximum absolute atomic E-state index is 5.68. The average Bonchev–Trinajstić information content (AvgIpc) is 2.49. The third-order valence-electron chi connectivity index (χ3n) is 2.93. The van der Waals surface area contributed by atoms with Crippen LogP contribution in [0.2, 0.25) is 0 Å². The molecule has 2 aromatic rings. The summed E-state index contributed by atoms with van der Waals surface area (Å²) >= 11 is 5.08. The SMILES string of the molecule is CCNC(=S)N/N=C/c1c(OCC)ccc2ccccc12. The summed E-state index contributed by atoms with van der Waals surface area (Å²) in [5.74, 6) is 0.816. The standard InChI is InChI=1S/C16H19N3OS/c1-3-17-16(21)19-18-11-14-13-8-6-5-7-12(13)9-10-15(14)20-4-2/h5-11H,3-4H2,1-2H3,(H2,17,19,21)/b18-11+. The normalized spacial score (nSPS) is 10.8. The zero-order valence-electron chi connectivity index (χ0n) is 12.2. The third kappa shape index (κ3) is 3.92. The Kier molecular flexibility index (Phi) is 5.51. The minimum absolute atomic E-state index is 0.506. The van der Waals surface area contributed by atoms with E-state index in [2.05, 4.69) is 28.0 Å². The second kappa shape index (κ2) is 7.59. The van der Waals surface area contributed by atoms with Crippen LogP contribution in [0.1, 0.15) is 19.4 Å². The summed E-state index contributed by atoms with van der Waals surface area (Å²) in [5.41, 5.74) is 3.75. The summed E-state index contributed by atoms with van der Waals surface area (Å²) in [4.78, 5) is 0. The monoisotopic (exact) mass is 301 g/mol. The smallest absolute Gasteiger partial charge is 0.186 e. The lowest BCUT2D eigenvalue weighted by molar-refractivity contribution is 0.340. The third-order valence-corrected chi connectivity index (χ3v) is 3.16. The van der Waals surface area contributed by atoms with Crippen LogP contribution in [0, 0.1) is 0 Å². The number of hydrogen-bond donors (Lipinski definition) is 2. The molecule has 4 nitrogen and oxygen atoms in total. The van der Waals surface area contributed by atoms with Gasteiger partial charge in [0.2, 0.25) is 0 Å². The molecular weight excluding hydrogens is 282 g/mol. The fraction of sp³-hybridized carbons (Fsp3) is 0.250. The molecule has 0 radical (unpaired) electrons. The van der Waals surface area contributed by atoms with Crippen molar-refractivity contribution in [2.75, 3.05) is 13.2 Å². The number of ether oxygens (including phenoxy) is 1. The second-order valence-electron chi connectivity index (χ2n) is 4.36. The molecule has 0 saturated heterocycles. The molecular formula is C16H19N3OS. The molecule has 0 fully saturated rings. The first-order chi connectivity index (χ1) is 10.3. The molecule has 2 aromatic carbocycles. The van der Waals surface area contributed by atoms with Gasteiger partial charge in [0.1, 0.15) is 5.75 Å². The number of hydrogen-bond acceptors (Lipinski definition) is 3. The van der Waals surface area contributed by atoms with Gasteiger partial charge in [-0.3, -0.25) is 5.43 Å². The Hall–Kier alpha value is -2.14. The molecule has 0 bridgehead atoms. The molecule has 0 aliphatic rings. The van der Waals surface area contributed by atoms with Crippen LogP contribution in [0.4, 0.5) is 0 Å². The van der Waals surface area contributed by atoms with Crippen molar-refractivity contribution in [1.29, 1.82) is 0 Å². The summed E-state index contributed by atoms with van der Waals surface area (Å²) in [7, 11) is 0. The van der Waals surface area contributed by atoms with Crippen LogP contribution in [-0.2, 0) is 0 Å². The van der Waals surface area contributed by atoms with E-state index in [1.165, 1.54) is 0 Å². The molecule has 110 valence electrons. The van der Waals surface area contributed by atoms with Crippen LogP contribution in [0.3, 0.4) is 0 Å². The molecule has 0 aromatic heterocycles. The van der Waals surface area contributed by atoms with Gasteiger partial charge in [-0.2, -0.15) is 5.10 Å². The highest BCUT2D eigenvalue weighted by atomic mass is 32.1. The average molecular weight is 301 g/mol. The fourth-order valence-corrected chi connectivity index (χ4v) is 2.24. The number of nitrogens with zero attached hydrogens (tertiary/aromatic N) is 1. The highest BCUT2D eigenvalue weighted by molar-refractivity contribution is 7.80. The summed E-state index contributed by atoms with van der Waals surface area (Å²) in [6.45, 7) is 5.33. The predicted octanol–water partition coefficient (Wildman–Crippen LogP) is 3.06. The summed E-state index contributed by atoms with van der Waals surface area (Å²) in [6.07, 6.45) is 1.75. The van der Waals surface area contributed by atoms with E-state index in [0.717, 1.165) is 28.6 Å². The first-order valence-corrected chi connectivity index (χ1v) is 7.38. The van der Waals surface area contributed by atoms with Gasteiger partial charge in [-0.15, -0.1) is 0 Å². The Balaban J connectivity index is 2.32. The van der Waals surface area contributed by atoms with Crippen molar-refractivity contribution < 1.29 is 4.74 Å². The van der Waals surface area contributed by atoms with Crippen LogP contribution >= 0.6 is 12.2 Å². The van der Waals surface area contributed by atoms with E-state index in [0.29, 0.717) is 11.7 Å². The van der Waals surface area contributed by atoms with Crippen LogP contribution < -0.4 is 15.5 Å². The van der Waals surface area contributed by atoms with Crippen molar-refractivity contribution >= 4 is 34.3 Å². The van der Waals surface area contributed by atoms with Gasteiger partial charge in [0, 0.05) is 12.1 Å². The van der Waals surface area contributed by atoms with Crippen LogP contribution in [0.5, 0.6) is 5.75 Å². The molecule has 0 saturated carbocycles. The lowest BCUT2D eigenvalue weighted by Crippen LogP contribution is -2.31. The van der Waals surface area contributed by atoms with Crippen molar-refractivity contribution in [3.8, 4) is 5.75 Å². The number of nitrogens with one attached hydrogen (secondary N) is 2. The van der Waals surface area contributed by atoms with Crippen LogP contribution in [0.25, 0.3) is 10.8 Å². The van der Waals surface area contributed by atoms with E-state index in [1.54, 1.807) is 6.21 Å². The predicted molar refractivity (Wildman–Crippen MR) is 92.1 cm³/mol. The highest BCUT2D eigenvalue weighted by Crippen LogP contribution is 2.26. The van der Waals surface area contributed by atoms with Crippen molar-refractivity contribution in [3.05, 3.63) is 42.0 Å². The van der Waals surface area contributed by atoms with Crippen molar-refractivity contribution in [1.82, 2.24) is 10.7 Å². The minimum Gasteiger partial charge on any atom is -0.493 e. The molecule has 2 N–H and O–H groups in total. The first kappa shape index (κ1) is 15.3. The van der Waals surface area contributed by atoms with Gasteiger partial charge >= 0.3 is 0 Å². The molecule has 0 unspecified atom stereocenters. The molecule has 5 heteroatoms. The van der Waals surface area contributed by atoms with Gasteiger partial charge in [-0.1, -0.05) is 30.3 Å². The van der Waals surface area contributed by atoms with Gasteiger partial charge < -0.3 is 10.1 Å². The lowest BCUT2D eigenvalue weighted by atomic mass is 10.0. The molecule has 0 aliphatic carbocycles. The molecule has 0 amide bonds. The number of hydrazone groups is 1.